The van der Waals surface area contributed by atoms with Gasteiger partial charge in [0.05, 0.1) is 17.1 Å². The van der Waals surface area contributed by atoms with E-state index in [4.69, 9.17) is 0 Å². The summed E-state index contributed by atoms with van der Waals surface area (Å²) in [7, 11) is 1.94. The second-order valence-corrected chi connectivity index (χ2v) is 5.10. The fraction of sp³-hybridized carbons (Fsp3) is 0.250. The summed E-state index contributed by atoms with van der Waals surface area (Å²) in [6, 6.07) is 12.2. The standard InChI is InChI=1S/C16H19N5/c1-13-14(12-20(2)18-13)10-17-11-15-8-9-21(19-15)16-6-4-3-5-7-16/h3-9,12,17H,10-11H2,1-2H3. The van der Waals surface area contributed by atoms with Gasteiger partial charge in [0.15, 0.2) is 0 Å². The van der Waals surface area contributed by atoms with Crippen molar-refractivity contribution in [2.45, 2.75) is 20.0 Å². The smallest absolute Gasteiger partial charge is 0.0766 e. The van der Waals surface area contributed by atoms with Gasteiger partial charge in [-0.15, -0.1) is 0 Å². The van der Waals surface area contributed by atoms with Crippen molar-refractivity contribution >= 4 is 0 Å². The van der Waals surface area contributed by atoms with Crippen LogP contribution in [0.25, 0.3) is 5.69 Å². The third-order valence-corrected chi connectivity index (χ3v) is 3.40. The quantitative estimate of drug-likeness (QED) is 0.780. The van der Waals surface area contributed by atoms with Crippen molar-refractivity contribution in [3.8, 4) is 5.69 Å². The molecule has 0 saturated carbocycles. The molecule has 5 nitrogen and oxygen atoms in total. The van der Waals surface area contributed by atoms with E-state index in [1.807, 2.05) is 72.1 Å². The molecule has 3 aromatic rings. The molecule has 21 heavy (non-hydrogen) atoms. The van der Waals surface area contributed by atoms with Gasteiger partial charge in [-0.3, -0.25) is 4.68 Å². The van der Waals surface area contributed by atoms with Crippen LogP contribution in [0.5, 0.6) is 0 Å². The zero-order valence-corrected chi connectivity index (χ0v) is 12.3. The first-order valence-corrected chi connectivity index (χ1v) is 7.02. The van der Waals surface area contributed by atoms with E-state index in [-0.39, 0.29) is 0 Å². The van der Waals surface area contributed by atoms with Crippen LogP contribution in [0.4, 0.5) is 0 Å². The Morgan fingerprint density at radius 1 is 1.05 bits per heavy atom. The fourth-order valence-corrected chi connectivity index (χ4v) is 2.33. The molecule has 5 heteroatoms. The molecule has 0 saturated heterocycles. The minimum atomic E-state index is 0.744. The Hall–Kier alpha value is -2.40. The van der Waals surface area contributed by atoms with E-state index in [1.54, 1.807) is 0 Å². The van der Waals surface area contributed by atoms with Gasteiger partial charge in [-0.2, -0.15) is 10.2 Å². The lowest BCUT2D eigenvalue weighted by Crippen LogP contribution is -2.13. The van der Waals surface area contributed by atoms with Crippen LogP contribution in [-0.4, -0.2) is 19.6 Å². The van der Waals surface area contributed by atoms with E-state index in [9.17, 15) is 0 Å². The second kappa shape index (κ2) is 5.93. The largest absolute Gasteiger partial charge is 0.307 e. The summed E-state index contributed by atoms with van der Waals surface area (Å²) in [5, 5.41) is 12.3. The van der Waals surface area contributed by atoms with Crippen molar-refractivity contribution < 1.29 is 0 Å². The number of nitrogens with one attached hydrogen (secondary N) is 1. The van der Waals surface area contributed by atoms with Crippen molar-refractivity contribution in [1.82, 2.24) is 24.9 Å². The van der Waals surface area contributed by atoms with E-state index in [0.717, 1.165) is 30.2 Å². The topological polar surface area (TPSA) is 47.7 Å². The van der Waals surface area contributed by atoms with Crippen LogP contribution in [0.3, 0.4) is 0 Å². The van der Waals surface area contributed by atoms with Crippen molar-refractivity contribution in [3.63, 3.8) is 0 Å². The Kier molecular flexibility index (Phi) is 3.83. The Balaban J connectivity index is 1.59. The lowest BCUT2D eigenvalue weighted by molar-refractivity contribution is 0.667. The average molecular weight is 281 g/mol. The van der Waals surface area contributed by atoms with E-state index in [2.05, 4.69) is 15.5 Å². The molecule has 1 aromatic carbocycles. The van der Waals surface area contributed by atoms with Crippen LogP contribution < -0.4 is 5.32 Å². The summed E-state index contributed by atoms with van der Waals surface area (Å²) in [5.41, 5.74) is 4.40. The monoisotopic (exact) mass is 281 g/mol. The first-order chi connectivity index (χ1) is 10.2. The van der Waals surface area contributed by atoms with E-state index in [0.29, 0.717) is 0 Å². The summed E-state index contributed by atoms with van der Waals surface area (Å²) in [6.45, 7) is 3.58. The SMILES string of the molecule is Cc1nn(C)cc1CNCc1ccn(-c2ccccc2)n1. The number of aryl methyl sites for hydroxylation is 2. The highest BCUT2D eigenvalue weighted by Gasteiger charge is 2.04. The number of hydrogen-bond donors (Lipinski definition) is 1. The average Bonchev–Trinajstić information content (AvgIpc) is 3.07. The summed E-state index contributed by atoms with van der Waals surface area (Å²) in [4.78, 5) is 0. The Morgan fingerprint density at radius 3 is 2.57 bits per heavy atom. The molecule has 1 N–H and O–H groups in total. The molecule has 108 valence electrons. The molecular formula is C16H19N5. The Morgan fingerprint density at radius 2 is 1.86 bits per heavy atom. The summed E-state index contributed by atoms with van der Waals surface area (Å²) in [5.74, 6) is 0. The summed E-state index contributed by atoms with van der Waals surface area (Å²) in [6.07, 6.45) is 4.03. The Labute approximate surface area is 124 Å². The molecule has 0 aliphatic carbocycles. The normalized spacial score (nSPS) is 11.0. The van der Waals surface area contributed by atoms with Crippen LogP contribution in [0.1, 0.15) is 17.0 Å². The molecule has 0 fully saturated rings. The number of aromatic nitrogens is 4. The molecule has 0 aliphatic rings. The van der Waals surface area contributed by atoms with Crippen molar-refractivity contribution in [1.29, 1.82) is 0 Å². The molecule has 0 bridgehead atoms. The van der Waals surface area contributed by atoms with Crippen LogP contribution in [0, 0.1) is 6.92 Å². The zero-order chi connectivity index (χ0) is 14.7. The maximum Gasteiger partial charge on any atom is 0.0766 e. The highest BCUT2D eigenvalue weighted by molar-refractivity contribution is 5.30. The fourth-order valence-electron chi connectivity index (χ4n) is 2.33. The predicted molar refractivity (Wildman–Crippen MR) is 82.1 cm³/mol. The molecule has 3 rings (SSSR count). The molecule has 0 spiro atoms. The van der Waals surface area contributed by atoms with Crippen LogP contribution in [-0.2, 0) is 20.1 Å². The van der Waals surface area contributed by atoms with E-state index < -0.39 is 0 Å². The van der Waals surface area contributed by atoms with Gasteiger partial charge in [0.2, 0.25) is 0 Å². The van der Waals surface area contributed by atoms with Gasteiger partial charge >= 0.3 is 0 Å². The third-order valence-electron chi connectivity index (χ3n) is 3.40. The third kappa shape index (κ3) is 3.20. The van der Waals surface area contributed by atoms with Crippen LogP contribution in [0.15, 0.2) is 48.8 Å². The molecule has 0 unspecified atom stereocenters. The predicted octanol–water partition coefficient (Wildman–Crippen LogP) is 2.20. The van der Waals surface area contributed by atoms with Crippen LogP contribution in [0.2, 0.25) is 0 Å². The van der Waals surface area contributed by atoms with Gasteiger partial charge < -0.3 is 5.32 Å². The number of hydrogen-bond acceptors (Lipinski definition) is 3. The molecule has 0 aliphatic heterocycles. The van der Waals surface area contributed by atoms with E-state index >= 15 is 0 Å². The highest BCUT2D eigenvalue weighted by Crippen LogP contribution is 2.07. The summed E-state index contributed by atoms with van der Waals surface area (Å²) >= 11 is 0. The number of rotatable bonds is 5. The lowest BCUT2D eigenvalue weighted by Gasteiger charge is -2.02. The maximum atomic E-state index is 4.57. The second-order valence-electron chi connectivity index (χ2n) is 5.10. The lowest BCUT2D eigenvalue weighted by atomic mass is 10.2. The molecule has 2 aromatic heterocycles. The highest BCUT2D eigenvalue weighted by atomic mass is 15.3. The van der Waals surface area contributed by atoms with Crippen molar-refractivity contribution in [3.05, 3.63) is 65.7 Å². The molecule has 0 amide bonds. The van der Waals surface area contributed by atoms with E-state index in [1.165, 1.54) is 5.56 Å². The zero-order valence-electron chi connectivity index (χ0n) is 12.3. The minimum Gasteiger partial charge on any atom is -0.307 e. The molecule has 0 atom stereocenters. The van der Waals surface area contributed by atoms with Gasteiger partial charge in [-0.05, 0) is 25.1 Å². The number of para-hydroxylation sites is 1. The first kappa shape index (κ1) is 13.6. The van der Waals surface area contributed by atoms with Gasteiger partial charge in [0.1, 0.15) is 0 Å². The maximum absolute atomic E-state index is 4.57. The Bertz CT molecular complexity index is 711. The molecular weight excluding hydrogens is 262 g/mol. The molecule has 2 heterocycles. The molecule has 0 radical (unpaired) electrons. The number of benzene rings is 1. The van der Waals surface area contributed by atoms with Gasteiger partial charge in [0.25, 0.3) is 0 Å². The van der Waals surface area contributed by atoms with Gasteiger partial charge in [0, 0.05) is 38.1 Å². The van der Waals surface area contributed by atoms with Crippen molar-refractivity contribution in [2.75, 3.05) is 0 Å². The van der Waals surface area contributed by atoms with Crippen LogP contribution >= 0.6 is 0 Å². The number of nitrogens with zero attached hydrogens (tertiary/aromatic N) is 4. The van der Waals surface area contributed by atoms with Crippen molar-refractivity contribution in [2.24, 2.45) is 7.05 Å². The van der Waals surface area contributed by atoms with Gasteiger partial charge in [-0.25, -0.2) is 4.68 Å². The van der Waals surface area contributed by atoms with Gasteiger partial charge in [-0.1, -0.05) is 18.2 Å². The summed E-state index contributed by atoms with van der Waals surface area (Å²) < 4.78 is 3.74. The minimum absolute atomic E-state index is 0.744. The first-order valence-electron chi connectivity index (χ1n) is 7.02.